The number of piperidine rings is 1. The molecule has 1 unspecified atom stereocenters. The predicted molar refractivity (Wildman–Crippen MR) is 89.4 cm³/mol. The number of amides is 1. The fourth-order valence-corrected chi connectivity index (χ4v) is 3.08. The molecular formula is C18H28N2O2. The average Bonchev–Trinajstić information content (AvgIpc) is 2.55. The van der Waals surface area contributed by atoms with Crippen molar-refractivity contribution in [2.24, 2.45) is 5.92 Å². The normalized spacial score (nSPS) is 17.3. The molecule has 22 heavy (non-hydrogen) atoms. The maximum absolute atomic E-state index is 12.3. The second-order valence-corrected chi connectivity index (χ2v) is 6.35. The summed E-state index contributed by atoms with van der Waals surface area (Å²) in [6.45, 7) is 7.49. The third-order valence-electron chi connectivity index (χ3n) is 4.45. The molecule has 0 saturated carbocycles. The molecule has 1 aromatic rings. The van der Waals surface area contributed by atoms with E-state index in [0.29, 0.717) is 24.1 Å². The Morgan fingerprint density at radius 2 is 1.82 bits per heavy atom. The smallest absolute Gasteiger partial charge is 0.251 e. The molecule has 1 fully saturated rings. The van der Waals surface area contributed by atoms with Crippen molar-refractivity contribution in [3.63, 3.8) is 0 Å². The summed E-state index contributed by atoms with van der Waals surface area (Å²) in [5.41, 5.74) is 0.682. The number of rotatable bonds is 6. The molecule has 1 saturated heterocycles. The minimum atomic E-state index is -0.00897. The van der Waals surface area contributed by atoms with E-state index in [1.54, 1.807) is 19.2 Å². The Morgan fingerprint density at radius 1 is 1.18 bits per heavy atom. The Hall–Kier alpha value is -1.55. The molecule has 4 nitrogen and oxygen atoms in total. The van der Waals surface area contributed by atoms with Crippen LogP contribution in [0.2, 0.25) is 0 Å². The van der Waals surface area contributed by atoms with Gasteiger partial charge in [-0.1, -0.05) is 20.3 Å². The second-order valence-electron chi connectivity index (χ2n) is 6.35. The van der Waals surface area contributed by atoms with Crippen molar-refractivity contribution in [2.45, 2.75) is 39.2 Å². The Balaban J connectivity index is 1.91. The number of hydrogen-bond donors (Lipinski definition) is 1. The number of likely N-dealkylation sites (tertiary alicyclic amines) is 1. The summed E-state index contributed by atoms with van der Waals surface area (Å²) < 4.78 is 5.12. The Morgan fingerprint density at radius 3 is 2.36 bits per heavy atom. The fraction of sp³-hybridized carbons (Fsp3) is 0.611. The summed E-state index contributed by atoms with van der Waals surface area (Å²) in [7, 11) is 1.63. The minimum Gasteiger partial charge on any atom is -0.497 e. The first-order valence-corrected chi connectivity index (χ1v) is 8.28. The van der Waals surface area contributed by atoms with E-state index < -0.39 is 0 Å². The molecule has 1 heterocycles. The van der Waals surface area contributed by atoms with Gasteiger partial charge in [-0.2, -0.15) is 0 Å². The number of ether oxygens (including phenoxy) is 1. The largest absolute Gasteiger partial charge is 0.497 e. The Kier molecular flexibility index (Phi) is 6.25. The van der Waals surface area contributed by atoms with Crippen LogP contribution in [0.4, 0.5) is 0 Å². The summed E-state index contributed by atoms with van der Waals surface area (Å²) in [6.07, 6.45) is 3.88. The molecular weight excluding hydrogens is 276 g/mol. The number of carbonyl (C=O) groups is 1. The van der Waals surface area contributed by atoms with E-state index in [4.69, 9.17) is 4.74 Å². The maximum Gasteiger partial charge on any atom is 0.251 e. The number of nitrogens with one attached hydrogen (secondary N) is 1. The summed E-state index contributed by atoms with van der Waals surface area (Å²) in [4.78, 5) is 14.8. The summed E-state index contributed by atoms with van der Waals surface area (Å²) in [5, 5.41) is 3.09. The zero-order valence-corrected chi connectivity index (χ0v) is 14.0. The van der Waals surface area contributed by atoms with Crippen molar-refractivity contribution in [1.82, 2.24) is 10.2 Å². The van der Waals surface area contributed by atoms with Gasteiger partial charge in [0, 0.05) is 18.2 Å². The van der Waals surface area contributed by atoms with Gasteiger partial charge in [-0.25, -0.2) is 0 Å². The zero-order valence-electron chi connectivity index (χ0n) is 14.0. The van der Waals surface area contributed by atoms with E-state index in [-0.39, 0.29) is 5.91 Å². The lowest BCUT2D eigenvalue weighted by Crippen LogP contribution is -2.48. The lowest BCUT2D eigenvalue weighted by Gasteiger charge is -2.37. The molecule has 2 rings (SSSR count). The molecule has 0 radical (unpaired) electrons. The molecule has 1 N–H and O–H groups in total. The lowest BCUT2D eigenvalue weighted by atomic mass is 9.99. The van der Waals surface area contributed by atoms with Crippen molar-refractivity contribution >= 4 is 5.91 Å². The van der Waals surface area contributed by atoms with Crippen molar-refractivity contribution in [3.8, 4) is 5.75 Å². The van der Waals surface area contributed by atoms with E-state index in [0.717, 1.165) is 18.8 Å². The second kappa shape index (κ2) is 8.18. The lowest BCUT2D eigenvalue weighted by molar-refractivity contribution is 0.0895. The van der Waals surface area contributed by atoms with Crippen LogP contribution in [-0.2, 0) is 0 Å². The SMILES string of the molecule is COc1ccc(C(=O)NCC(C(C)C)N2CCCCC2)cc1. The first kappa shape index (κ1) is 16.8. The third-order valence-corrected chi connectivity index (χ3v) is 4.45. The number of nitrogens with zero attached hydrogens (tertiary/aromatic N) is 1. The van der Waals surface area contributed by atoms with Gasteiger partial charge in [0.05, 0.1) is 7.11 Å². The fourth-order valence-electron chi connectivity index (χ4n) is 3.08. The molecule has 0 bridgehead atoms. The highest BCUT2D eigenvalue weighted by molar-refractivity contribution is 5.94. The van der Waals surface area contributed by atoms with Crippen LogP contribution >= 0.6 is 0 Å². The number of hydrogen-bond acceptors (Lipinski definition) is 3. The van der Waals surface area contributed by atoms with Gasteiger partial charge in [0.1, 0.15) is 5.75 Å². The highest BCUT2D eigenvalue weighted by Crippen LogP contribution is 2.17. The molecule has 1 atom stereocenters. The van der Waals surface area contributed by atoms with Gasteiger partial charge >= 0.3 is 0 Å². The molecule has 0 spiro atoms. The van der Waals surface area contributed by atoms with Crippen LogP contribution in [0.25, 0.3) is 0 Å². The van der Waals surface area contributed by atoms with Crippen molar-refractivity contribution in [3.05, 3.63) is 29.8 Å². The van der Waals surface area contributed by atoms with Crippen LogP contribution in [0, 0.1) is 5.92 Å². The quantitative estimate of drug-likeness (QED) is 0.878. The van der Waals surface area contributed by atoms with Gasteiger partial charge in [-0.15, -0.1) is 0 Å². The van der Waals surface area contributed by atoms with Gasteiger partial charge < -0.3 is 10.1 Å². The molecule has 1 amide bonds. The molecule has 122 valence electrons. The minimum absolute atomic E-state index is 0.00897. The van der Waals surface area contributed by atoms with Gasteiger partial charge in [0.2, 0.25) is 0 Å². The monoisotopic (exact) mass is 304 g/mol. The average molecular weight is 304 g/mol. The maximum atomic E-state index is 12.3. The molecule has 1 aromatic carbocycles. The first-order chi connectivity index (χ1) is 10.6. The zero-order chi connectivity index (χ0) is 15.9. The predicted octanol–water partition coefficient (Wildman–Crippen LogP) is 2.94. The van der Waals surface area contributed by atoms with Crippen LogP contribution in [-0.4, -0.2) is 43.6 Å². The topological polar surface area (TPSA) is 41.6 Å². The van der Waals surface area contributed by atoms with Crippen LogP contribution in [0.1, 0.15) is 43.5 Å². The standard InChI is InChI=1S/C18H28N2O2/c1-14(2)17(20-11-5-4-6-12-20)13-19-18(21)15-7-9-16(22-3)10-8-15/h7-10,14,17H,4-6,11-13H2,1-3H3,(H,19,21). The van der Waals surface area contributed by atoms with Crippen molar-refractivity contribution in [2.75, 3.05) is 26.7 Å². The summed E-state index contributed by atoms with van der Waals surface area (Å²) in [5.74, 6) is 1.30. The van der Waals surface area contributed by atoms with Crippen LogP contribution in [0.15, 0.2) is 24.3 Å². The summed E-state index contributed by atoms with van der Waals surface area (Å²) >= 11 is 0. The molecule has 0 aromatic heterocycles. The third kappa shape index (κ3) is 4.47. The number of methoxy groups -OCH3 is 1. The van der Waals surface area contributed by atoms with E-state index in [1.165, 1.54) is 19.3 Å². The molecule has 4 heteroatoms. The van der Waals surface area contributed by atoms with Crippen LogP contribution < -0.4 is 10.1 Å². The highest BCUT2D eigenvalue weighted by atomic mass is 16.5. The van der Waals surface area contributed by atoms with Crippen LogP contribution in [0.5, 0.6) is 5.75 Å². The van der Waals surface area contributed by atoms with Gasteiger partial charge in [0.25, 0.3) is 5.91 Å². The van der Waals surface area contributed by atoms with E-state index in [2.05, 4.69) is 24.1 Å². The number of benzene rings is 1. The molecule has 1 aliphatic heterocycles. The van der Waals surface area contributed by atoms with Crippen molar-refractivity contribution in [1.29, 1.82) is 0 Å². The van der Waals surface area contributed by atoms with Gasteiger partial charge in [-0.05, 0) is 56.1 Å². The molecule has 1 aliphatic rings. The summed E-state index contributed by atoms with van der Waals surface area (Å²) in [6, 6.07) is 7.67. The molecule has 0 aliphatic carbocycles. The highest BCUT2D eigenvalue weighted by Gasteiger charge is 2.23. The van der Waals surface area contributed by atoms with E-state index in [1.807, 2.05) is 12.1 Å². The van der Waals surface area contributed by atoms with Crippen LogP contribution in [0.3, 0.4) is 0 Å². The first-order valence-electron chi connectivity index (χ1n) is 8.28. The van der Waals surface area contributed by atoms with Gasteiger partial charge in [-0.3, -0.25) is 9.69 Å². The Labute approximate surface area is 133 Å². The van der Waals surface area contributed by atoms with E-state index in [9.17, 15) is 4.79 Å². The Bertz CT molecular complexity index is 464. The number of carbonyl (C=O) groups excluding carboxylic acids is 1. The van der Waals surface area contributed by atoms with E-state index >= 15 is 0 Å². The van der Waals surface area contributed by atoms with Gasteiger partial charge in [0.15, 0.2) is 0 Å². The van der Waals surface area contributed by atoms with Crippen molar-refractivity contribution < 1.29 is 9.53 Å².